The van der Waals surface area contributed by atoms with Crippen molar-refractivity contribution in [2.45, 2.75) is 45.5 Å². The van der Waals surface area contributed by atoms with E-state index in [1.807, 2.05) is 62.4 Å². The van der Waals surface area contributed by atoms with Crippen LogP contribution in [0.3, 0.4) is 0 Å². The number of aromatic nitrogens is 1. The van der Waals surface area contributed by atoms with Crippen LogP contribution >= 0.6 is 0 Å². The Labute approximate surface area is 522 Å². The molecule has 1 spiro atoms. The second-order valence-corrected chi connectivity index (χ2v) is 24.7. The molecule has 11 heteroatoms. The van der Waals surface area contributed by atoms with E-state index < -0.39 is 28.9 Å². The molecule has 16 aromatic rings. The molecule has 0 unspecified atom stereocenters. The molecule has 3 aromatic heterocycles. The molecule has 18 rings (SSSR count). The van der Waals surface area contributed by atoms with Crippen molar-refractivity contribution in [2.75, 3.05) is 9.80 Å². The Morgan fingerprint density at radius 3 is 1.23 bits per heavy atom. The number of hydrogen-bond acceptors (Lipinski definition) is 4. The van der Waals surface area contributed by atoms with Gasteiger partial charge in [-0.15, -0.1) is 0 Å². The number of nitrogens with zero attached hydrogens (tertiary/aromatic N) is 3. The van der Waals surface area contributed by atoms with Gasteiger partial charge in [0.25, 0.3) is 0 Å². The van der Waals surface area contributed by atoms with E-state index in [2.05, 4.69) is 180 Å². The molecule has 0 radical (unpaired) electrons. The van der Waals surface area contributed by atoms with Gasteiger partial charge in [0.15, 0.2) is 11.2 Å². The number of hydrogen-bond donors (Lipinski definition) is 0. The minimum Gasteiger partial charge on any atom is -0.453 e. The van der Waals surface area contributed by atoms with Crippen LogP contribution in [0.4, 0.5) is 60.5 Å². The molecule has 1 aliphatic carbocycles. The van der Waals surface area contributed by atoms with Gasteiger partial charge in [0.1, 0.15) is 11.2 Å². The maximum Gasteiger partial charge on any atom is 0.420 e. The third-order valence-corrected chi connectivity index (χ3v) is 19.5. The SMILES string of the molecule is Cc1ccc(N(c2cc3c(c4ccccc24)-c2c(cc(N(c4ccc(C)cc4C)c4cccc5c4oc4c(C(F)(F)F)cccc45)c4ccccc24)C32c3ccccc3-n3c4ccccc4c4cccc2c43)c2cccc3c2oc2c(C(F)(F)F)cccc23)c(C)c1. The first-order valence-electron chi connectivity index (χ1n) is 30.6. The minimum absolute atomic E-state index is 0.237. The first kappa shape index (κ1) is 53.9. The van der Waals surface area contributed by atoms with Gasteiger partial charge in [0.05, 0.1) is 56.0 Å². The highest BCUT2D eigenvalue weighted by Gasteiger charge is 2.53. The molecule has 0 N–H and O–H groups in total. The lowest BCUT2D eigenvalue weighted by atomic mass is 9.65. The fourth-order valence-electron chi connectivity index (χ4n) is 15.9. The van der Waals surface area contributed by atoms with E-state index in [-0.39, 0.29) is 11.2 Å². The number of halogens is 6. The number of aryl methyl sites for hydroxylation is 4. The zero-order chi connectivity index (χ0) is 62.4. The van der Waals surface area contributed by atoms with Gasteiger partial charge in [-0.25, -0.2) is 0 Å². The average molecular weight is 1210 g/mol. The van der Waals surface area contributed by atoms with Crippen molar-refractivity contribution in [3.05, 3.63) is 292 Å². The van der Waals surface area contributed by atoms with Crippen LogP contribution in [0.5, 0.6) is 0 Å². The Morgan fingerprint density at radius 2 is 0.728 bits per heavy atom. The second-order valence-electron chi connectivity index (χ2n) is 24.7. The van der Waals surface area contributed by atoms with E-state index in [1.54, 1.807) is 12.1 Å². The summed E-state index contributed by atoms with van der Waals surface area (Å²) in [6.07, 6.45) is -9.38. The number of rotatable bonds is 6. The quantitative estimate of drug-likeness (QED) is 0.156. The van der Waals surface area contributed by atoms with Crippen molar-refractivity contribution in [3.8, 4) is 16.8 Å². The Balaban J connectivity index is 1.02. The summed E-state index contributed by atoms with van der Waals surface area (Å²) in [5.41, 5.74) is 14.6. The molecule has 0 bridgehead atoms. The molecular formula is C81H51F6N3O2. The maximum atomic E-state index is 15.1. The van der Waals surface area contributed by atoms with Crippen LogP contribution in [0.25, 0.3) is 104 Å². The number of anilines is 6. The van der Waals surface area contributed by atoms with E-state index in [4.69, 9.17) is 8.83 Å². The Kier molecular flexibility index (Phi) is 11.1. The first-order chi connectivity index (χ1) is 44.6. The lowest BCUT2D eigenvalue weighted by molar-refractivity contribution is -0.137. The van der Waals surface area contributed by atoms with Crippen LogP contribution in [0, 0.1) is 27.7 Å². The number of furan rings is 2. The van der Waals surface area contributed by atoms with E-state index in [0.29, 0.717) is 44.1 Å². The molecule has 92 heavy (non-hydrogen) atoms. The van der Waals surface area contributed by atoms with Gasteiger partial charge in [0.2, 0.25) is 0 Å². The molecule has 1 aliphatic heterocycles. The Hall–Kier alpha value is -11.0. The van der Waals surface area contributed by atoms with Crippen molar-refractivity contribution in [1.29, 1.82) is 0 Å². The highest BCUT2D eigenvalue weighted by molar-refractivity contribution is 6.22. The zero-order valence-corrected chi connectivity index (χ0v) is 49.9. The molecule has 13 aromatic carbocycles. The summed E-state index contributed by atoms with van der Waals surface area (Å²) in [4.78, 5) is 4.37. The maximum absolute atomic E-state index is 15.1. The van der Waals surface area contributed by atoms with Crippen molar-refractivity contribution in [1.82, 2.24) is 4.57 Å². The normalized spacial score (nSPS) is 13.4. The van der Waals surface area contributed by atoms with Crippen LogP contribution < -0.4 is 9.80 Å². The number of fused-ring (bicyclic) bond motifs is 22. The van der Waals surface area contributed by atoms with E-state index in [9.17, 15) is 0 Å². The molecule has 0 saturated heterocycles. The molecule has 0 amide bonds. The van der Waals surface area contributed by atoms with Crippen molar-refractivity contribution < 1.29 is 35.2 Å². The smallest absolute Gasteiger partial charge is 0.420 e. The molecule has 0 atom stereocenters. The number of para-hydroxylation sites is 7. The largest absolute Gasteiger partial charge is 0.453 e. The highest BCUT2D eigenvalue weighted by atomic mass is 19.4. The summed E-state index contributed by atoms with van der Waals surface area (Å²) in [7, 11) is 0. The van der Waals surface area contributed by atoms with Crippen LogP contribution in [-0.4, -0.2) is 4.57 Å². The lowest BCUT2D eigenvalue weighted by Crippen LogP contribution is -2.34. The molecule has 0 saturated carbocycles. The van der Waals surface area contributed by atoms with E-state index >= 15 is 26.3 Å². The molecule has 4 heterocycles. The molecule has 0 fully saturated rings. The summed E-state index contributed by atoms with van der Waals surface area (Å²) in [6, 6.07) is 77.6. The summed E-state index contributed by atoms with van der Waals surface area (Å²) in [5.74, 6) is 0. The monoisotopic (exact) mass is 1210 g/mol. The van der Waals surface area contributed by atoms with Gasteiger partial charge < -0.3 is 23.2 Å². The van der Waals surface area contributed by atoms with Crippen LogP contribution in [0.2, 0.25) is 0 Å². The van der Waals surface area contributed by atoms with E-state index in [0.717, 1.165) is 140 Å². The predicted octanol–water partition coefficient (Wildman–Crippen LogP) is 23.8. The topological polar surface area (TPSA) is 37.7 Å². The number of benzene rings is 13. The van der Waals surface area contributed by atoms with Crippen molar-refractivity contribution in [2.24, 2.45) is 0 Å². The summed E-state index contributed by atoms with van der Waals surface area (Å²) >= 11 is 0. The fourth-order valence-corrected chi connectivity index (χ4v) is 15.9. The van der Waals surface area contributed by atoms with Crippen LogP contribution in [0.1, 0.15) is 55.6 Å². The van der Waals surface area contributed by atoms with Crippen LogP contribution in [-0.2, 0) is 17.8 Å². The average Bonchev–Trinajstić information content (AvgIpc) is 1.48. The Bertz CT molecular complexity index is 5630. The fraction of sp³-hybridized carbons (Fsp3) is 0.0864. The Morgan fingerprint density at radius 1 is 0.326 bits per heavy atom. The second kappa shape index (κ2) is 19.0. The van der Waals surface area contributed by atoms with Gasteiger partial charge in [0, 0.05) is 54.5 Å². The van der Waals surface area contributed by atoms with Crippen molar-refractivity contribution in [3.63, 3.8) is 0 Å². The minimum atomic E-state index is -4.69. The molecular weight excluding hydrogens is 1160 g/mol. The van der Waals surface area contributed by atoms with E-state index in [1.165, 1.54) is 12.1 Å². The standard InChI is InChI=1S/C81H51F6N3O2/c1-44-36-38-64(46(3)40-44)88(68-34-16-26-56-54-24-14-30-60(80(82,83)84)75(54)91-77(56)68)70-42-62-72(51-21-7-5-18-48(51)70)73-52-22-8-6-19-49(52)71(43-63(73)79(62)58-28-10-12-33-67(58)90-66-32-11-9-20-50(66)53-23-13-29-59(79)74(53)90)89(65-39-37-45(2)41-47(65)4)69-35-17-27-57-55-25-15-31-61(81(85,86)87)76(55)92-78(57)69/h5-43H,1-4H3. The summed E-state index contributed by atoms with van der Waals surface area (Å²) < 4.78 is 106. The summed E-state index contributed by atoms with van der Waals surface area (Å²) in [6.45, 7) is 8.23. The van der Waals surface area contributed by atoms with Gasteiger partial charge in [-0.3, -0.25) is 0 Å². The van der Waals surface area contributed by atoms with Gasteiger partial charge >= 0.3 is 12.4 Å². The van der Waals surface area contributed by atoms with Crippen LogP contribution in [0.15, 0.2) is 245 Å². The van der Waals surface area contributed by atoms with Crippen molar-refractivity contribution >= 4 is 121 Å². The molecule has 5 nitrogen and oxygen atoms in total. The van der Waals surface area contributed by atoms with Gasteiger partial charge in [-0.1, -0.05) is 187 Å². The third kappa shape index (κ3) is 7.27. The zero-order valence-electron chi connectivity index (χ0n) is 49.9. The highest BCUT2D eigenvalue weighted by Crippen LogP contribution is 2.66. The predicted molar refractivity (Wildman–Crippen MR) is 360 cm³/mol. The molecule has 444 valence electrons. The molecule has 2 aliphatic rings. The lowest BCUT2D eigenvalue weighted by Gasteiger charge is -2.40. The van der Waals surface area contributed by atoms with Gasteiger partial charge in [-0.05, 0) is 144 Å². The number of alkyl halides is 6. The first-order valence-corrected chi connectivity index (χ1v) is 30.6. The summed E-state index contributed by atoms with van der Waals surface area (Å²) in [5, 5.41) is 7.61. The van der Waals surface area contributed by atoms with Gasteiger partial charge in [-0.2, -0.15) is 26.3 Å². The third-order valence-electron chi connectivity index (χ3n) is 19.5.